The number of hydrogen-bond acceptors (Lipinski definition) is 6. The predicted molar refractivity (Wildman–Crippen MR) is 103 cm³/mol. The molecule has 8 heteroatoms. The summed E-state index contributed by atoms with van der Waals surface area (Å²) >= 11 is 4.57. The van der Waals surface area contributed by atoms with E-state index in [1.54, 1.807) is 26.0 Å². The standard InChI is InChI=1S/C18H21ClN2O4S/c1-10-15(13-8-7-12(19)9-14(13)17(22)24-6)16(25-20-10)11(2)21-26(23)18(3,4)5/h7-9H,1-6H3. The molecule has 0 saturated carbocycles. The van der Waals surface area contributed by atoms with Crippen molar-refractivity contribution in [3.8, 4) is 11.1 Å². The number of esters is 1. The van der Waals surface area contributed by atoms with E-state index in [2.05, 4.69) is 9.55 Å². The number of ether oxygens (including phenoxy) is 1. The van der Waals surface area contributed by atoms with Crippen LogP contribution in [0.2, 0.25) is 5.02 Å². The number of benzene rings is 1. The summed E-state index contributed by atoms with van der Waals surface area (Å²) in [5, 5.41) is 4.40. The first-order chi connectivity index (χ1) is 12.1. The Labute approximate surface area is 160 Å². The van der Waals surface area contributed by atoms with Gasteiger partial charge in [0.25, 0.3) is 0 Å². The van der Waals surface area contributed by atoms with E-state index in [-0.39, 0.29) is 5.56 Å². The number of carbonyl (C=O) groups excluding carboxylic acids is 1. The third kappa shape index (κ3) is 4.28. The van der Waals surface area contributed by atoms with Crippen LogP contribution in [-0.4, -0.2) is 33.2 Å². The Morgan fingerprint density at radius 3 is 2.62 bits per heavy atom. The molecule has 0 aliphatic rings. The second kappa shape index (κ2) is 7.82. The van der Waals surface area contributed by atoms with Crippen LogP contribution < -0.4 is 0 Å². The van der Waals surface area contributed by atoms with Gasteiger partial charge in [-0.05, 0) is 46.8 Å². The van der Waals surface area contributed by atoms with E-state index in [0.29, 0.717) is 33.3 Å². The van der Waals surface area contributed by atoms with Crippen molar-refractivity contribution in [2.75, 3.05) is 7.11 Å². The Kier molecular flexibility index (Phi) is 6.16. The molecule has 140 valence electrons. The zero-order valence-corrected chi connectivity index (χ0v) is 17.1. The molecule has 0 saturated heterocycles. The SMILES string of the molecule is COC(=O)c1cc(Cl)ccc1-c1c(C)noc1C(C)=N[S+]([O-])C(C)(C)C. The predicted octanol–water partition coefficient (Wildman–Crippen LogP) is 4.36. The molecule has 0 aliphatic carbocycles. The lowest BCUT2D eigenvalue weighted by atomic mass is 9.97. The minimum absolute atomic E-state index is 0.289. The maximum atomic E-state index is 12.3. The van der Waals surface area contributed by atoms with Crippen molar-refractivity contribution in [3.05, 3.63) is 40.2 Å². The minimum atomic E-state index is -1.46. The molecule has 1 aromatic carbocycles. The molecule has 0 N–H and O–H groups in total. The number of methoxy groups -OCH3 is 1. The highest BCUT2D eigenvalue weighted by atomic mass is 35.5. The van der Waals surface area contributed by atoms with Crippen LogP contribution in [0.15, 0.2) is 27.1 Å². The highest BCUT2D eigenvalue weighted by Gasteiger charge is 2.29. The van der Waals surface area contributed by atoms with Crippen LogP contribution in [0.1, 0.15) is 49.5 Å². The van der Waals surface area contributed by atoms with Gasteiger partial charge in [-0.2, -0.15) is 0 Å². The van der Waals surface area contributed by atoms with E-state index >= 15 is 0 Å². The maximum absolute atomic E-state index is 12.3. The van der Waals surface area contributed by atoms with Crippen LogP contribution >= 0.6 is 11.6 Å². The van der Waals surface area contributed by atoms with Gasteiger partial charge in [0.05, 0.1) is 23.9 Å². The van der Waals surface area contributed by atoms with Gasteiger partial charge in [-0.1, -0.05) is 27.2 Å². The topological polar surface area (TPSA) is 87.8 Å². The molecule has 26 heavy (non-hydrogen) atoms. The van der Waals surface area contributed by atoms with Crippen LogP contribution in [0, 0.1) is 6.92 Å². The number of aromatic nitrogens is 1. The zero-order chi connectivity index (χ0) is 19.6. The lowest BCUT2D eigenvalue weighted by molar-refractivity contribution is 0.0601. The molecule has 0 aliphatic heterocycles. The summed E-state index contributed by atoms with van der Waals surface area (Å²) in [6.45, 7) is 8.95. The molecule has 2 aromatic rings. The number of carbonyl (C=O) groups is 1. The third-order valence-electron chi connectivity index (χ3n) is 3.59. The normalized spacial score (nSPS) is 13.6. The quantitative estimate of drug-likeness (QED) is 0.435. The van der Waals surface area contributed by atoms with Gasteiger partial charge >= 0.3 is 5.97 Å². The molecule has 6 nitrogen and oxygen atoms in total. The third-order valence-corrected chi connectivity index (χ3v) is 5.31. The van der Waals surface area contributed by atoms with Crippen LogP contribution in [0.3, 0.4) is 0 Å². The van der Waals surface area contributed by atoms with Gasteiger partial charge in [-0.25, -0.2) is 4.79 Å². The van der Waals surface area contributed by atoms with Gasteiger partial charge in [0.2, 0.25) is 0 Å². The molecule has 0 amide bonds. The summed E-state index contributed by atoms with van der Waals surface area (Å²) < 4.78 is 26.4. The Morgan fingerprint density at radius 1 is 1.38 bits per heavy atom. The number of aryl methyl sites for hydroxylation is 1. The number of nitrogens with zero attached hydrogens (tertiary/aromatic N) is 2. The second-order valence-corrected chi connectivity index (χ2v) is 9.03. The van der Waals surface area contributed by atoms with Gasteiger partial charge in [0.15, 0.2) is 5.76 Å². The van der Waals surface area contributed by atoms with Crippen molar-refractivity contribution in [1.82, 2.24) is 5.16 Å². The molecular weight excluding hydrogens is 376 g/mol. The molecule has 1 atom stereocenters. The lowest BCUT2D eigenvalue weighted by Crippen LogP contribution is -2.26. The Hall–Kier alpha value is -1.83. The molecule has 1 aromatic heterocycles. The summed E-state index contributed by atoms with van der Waals surface area (Å²) in [6.07, 6.45) is 0. The Balaban J connectivity index is 2.63. The summed E-state index contributed by atoms with van der Waals surface area (Å²) in [7, 11) is 1.30. The van der Waals surface area contributed by atoms with E-state index in [4.69, 9.17) is 20.9 Å². The first kappa shape index (κ1) is 20.5. The molecule has 0 radical (unpaired) electrons. The largest absolute Gasteiger partial charge is 0.591 e. The van der Waals surface area contributed by atoms with Gasteiger partial charge in [0, 0.05) is 10.6 Å². The van der Waals surface area contributed by atoms with Crippen LogP contribution in [0.5, 0.6) is 0 Å². The average molecular weight is 397 g/mol. The smallest absolute Gasteiger partial charge is 0.338 e. The van der Waals surface area contributed by atoms with Crippen LogP contribution in [0.4, 0.5) is 0 Å². The summed E-state index contributed by atoms with van der Waals surface area (Å²) in [5.74, 6) is -0.172. The summed E-state index contributed by atoms with van der Waals surface area (Å²) in [5.41, 5.74) is 2.45. The first-order valence-electron chi connectivity index (χ1n) is 7.88. The number of hydrogen-bond donors (Lipinski definition) is 0. The monoisotopic (exact) mass is 396 g/mol. The maximum Gasteiger partial charge on any atom is 0.338 e. The van der Waals surface area contributed by atoms with E-state index in [0.717, 1.165) is 0 Å². The van der Waals surface area contributed by atoms with E-state index < -0.39 is 22.1 Å². The number of halogens is 1. The van der Waals surface area contributed by atoms with Crippen molar-refractivity contribution in [2.45, 2.75) is 39.4 Å². The van der Waals surface area contributed by atoms with Gasteiger partial charge in [-0.15, -0.1) is 0 Å². The van der Waals surface area contributed by atoms with E-state index in [9.17, 15) is 9.35 Å². The van der Waals surface area contributed by atoms with Crippen molar-refractivity contribution in [3.63, 3.8) is 0 Å². The molecular formula is C18H21ClN2O4S. The van der Waals surface area contributed by atoms with Crippen molar-refractivity contribution in [2.24, 2.45) is 4.40 Å². The lowest BCUT2D eigenvalue weighted by Gasteiger charge is -2.18. The zero-order valence-electron chi connectivity index (χ0n) is 15.5. The Bertz CT molecular complexity index is 855. The first-order valence-corrected chi connectivity index (χ1v) is 9.37. The van der Waals surface area contributed by atoms with Crippen molar-refractivity contribution >= 4 is 34.6 Å². The molecule has 0 fully saturated rings. The Morgan fingerprint density at radius 2 is 2.04 bits per heavy atom. The second-order valence-electron chi connectivity index (χ2n) is 6.69. The molecule has 1 unspecified atom stereocenters. The molecule has 2 rings (SSSR count). The van der Waals surface area contributed by atoms with Gasteiger partial charge in [0.1, 0.15) is 21.8 Å². The minimum Gasteiger partial charge on any atom is -0.591 e. The van der Waals surface area contributed by atoms with Crippen LogP contribution in [-0.2, 0) is 16.1 Å². The van der Waals surface area contributed by atoms with Gasteiger partial charge in [-0.3, -0.25) is 0 Å². The highest BCUT2D eigenvalue weighted by molar-refractivity contribution is 7.91. The fourth-order valence-corrected chi connectivity index (χ4v) is 3.03. The van der Waals surface area contributed by atoms with E-state index in [1.807, 2.05) is 20.8 Å². The summed E-state index contributed by atoms with van der Waals surface area (Å²) in [4.78, 5) is 12.2. The summed E-state index contributed by atoms with van der Waals surface area (Å²) in [6, 6.07) is 4.89. The number of rotatable bonds is 4. The average Bonchev–Trinajstić information content (AvgIpc) is 2.94. The van der Waals surface area contributed by atoms with E-state index in [1.165, 1.54) is 13.2 Å². The highest BCUT2D eigenvalue weighted by Crippen LogP contribution is 2.33. The fourth-order valence-electron chi connectivity index (χ4n) is 2.25. The van der Waals surface area contributed by atoms with Crippen molar-refractivity contribution in [1.29, 1.82) is 0 Å². The van der Waals surface area contributed by atoms with Gasteiger partial charge < -0.3 is 13.8 Å². The fraction of sp³-hybridized carbons (Fsp3) is 0.389. The molecule has 0 bridgehead atoms. The molecule has 1 heterocycles. The molecule has 0 spiro atoms. The van der Waals surface area contributed by atoms with Crippen molar-refractivity contribution < 1.29 is 18.6 Å². The van der Waals surface area contributed by atoms with Crippen LogP contribution in [0.25, 0.3) is 11.1 Å².